The Kier molecular flexibility index (Phi) is 8.17. The van der Waals surface area contributed by atoms with Crippen molar-refractivity contribution in [1.29, 1.82) is 0 Å². The fourth-order valence-electron chi connectivity index (χ4n) is 5.45. The average Bonchev–Trinajstić information content (AvgIpc) is 3.34. The molecule has 12 heteroatoms. The summed E-state index contributed by atoms with van der Waals surface area (Å²) in [5, 5.41) is 17.6. The highest BCUT2D eigenvalue weighted by Gasteiger charge is 2.36. The molecule has 1 aromatic carbocycles. The van der Waals surface area contributed by atoms with Crippen LogP contribution in [0.5, 0.6) is 5.75 Å². The summed E-state index contributed by atoms with van der Waals surface area (Å²) in [5.41, 5.74) is 4.10. The average molecular weight is 554 g/mol. The zero-order valence-corrected chi connectivity index (χ0v) is 23.4. The van der Waals surface area contributed by atoms with Gasteiger partial charge >= 0.3 is 5.97 Å². The van der Waals surface area contributed by atoms with Gasteiger partial charge in [-0.3, -0.25) is 9.67 Å². The monoisotopic (exact) mass is 553 g/mol. The lowest BCUT2D eigenvalue weighted by Gasteiger charge is -2.34. The first-order valence-electron chi connectivity index (χ1n) is 13.7. The van der Waals surface area contributed by atoms with Crippen molar-refractivity contribution < 1.29 is 23.8 Å². The number of carbonyl (C=O) groups excluding carboxylic acids is 1. The maximum absolute atomic E-state index is 15.1. The summed E-state index contributed by atoms with van der Waals surface area (Å²) in [6.07, 6.45) is 3.01. The Labute approximate surface area is 232 Å². The van der Waals surface area contributed by atoms with Crippen LogP contribution in [0.4, 0.5) is 21.6 Å². The van der Waals surface area contributed by atoms with Crippen molar-refractivity contribution in [3.05, 3.63) is 41.1 Å². The fourth-order valence-corrected chi connectivity index (χ4v) is 5.45. The molecule has 3 aromatic rings. The zero-order chi connectivity index (χ0) is 28.4. The molecule has 40 heavy (non-hydrogen) atoms. The number of benzene rings is 1. The number of rotatable bonds is 9. The molecular formula is C28H36FN7O4. The Balaban J connectivity index is 1.55. The van der Waals surface area contributed by atoms with Gasteiger partial charge in [-0.15, -0.1) is 0 Å². The third-order valence-corrected chi connectivity index (χ3v) is 7.56. The maximum atomic E-state index is 15.1. The Bertz CT molecular complexity index is 1390. The number of likely N-dealkylation sites (N-methyl/N-ethyl adjacent to an activating group) is 1. The van der Waals surface area contributed by atoms with E-state index in [0.717, 1.165) is 43.9 Å². The van der Waals surface area contributed by atoms with Gasteiger partial charge in [-0.25, -0.2) is 14.2 Å². The maximum Gasteiger partial charge on any atom is 0.359 e. The standard InChI is InChI=1S/C28H36FN7O4/c1-5-17-13-20-25(27-24(17)26(28(38)40-6-2)33-36(27)11-12-37)32-23(16-30-20)31-19-15-21(18(29)14-22(19)39-4)35-9-7-34(3)8-10-35/h14-17,37H,5-13H2,1-4H3,(H,31,32). The molecule has 2 aromatic heterocycles. The Morgan fingerprint density at radius 2 is 2.00 bits per heavy atom. The minimum Gasteiger partial charge on any atom is -0.494 e. The third kappa shape index (κ3) is 5.20. The van der Waals surface area contributed by atoms with Gasteiger partial charge in [0.05, 0.1) is 55.8 Å². The van der Waals surface area contributed by atoms with E-state index in [0.29, 0.717) is 40.8 Å². The normalized spacial score (nSPS) is 16.9. The number of hydrogen-bond acceptors (Lipinski definition) is 10. The molecule has 1 fully saturated rings. The predicted molar refractivity (Wildman–Crippen MR) is 149 cm³/mol. The number of fused-ring (bicyclic) bond motifs is 3. The SMILES string of the molecule is CCOC(=O)c1nn(CCO)c2c1C(CC)Cc1ncc(Nc3cc(N4CCN(C)CC4)c(F)cc3OC)nc1-2. The Morgan fingerprint density at radius 1 is 1.23 bits per heavy atom. The summed E-state index contributed by atoms with van der Waals surface area (Å²) < 4.78 is 27.5. The highest BCUT2D eigenvalue weighted by atomic mass is 19.1. The number of anilines is 3. The van der Waals surface area contributed by atoms with Gasteiger partial charge in [-0.2, -0.15) is 5.10 Å². The van der Waals surface area contributed by atoms with Crippen LogP contribution in [0.25, 0.3) is 11.4 Å². The summed E-state index contributed by atoms with van der Waals surface area (Å²) in [5.74, 6) is -0.0594. The quantitative estimate of drug-likeness (QED) is 0.383. The number of esters is 1. The van der Waals surface area contributed by atoms with Crippen molar-refractivity contribution in [1.82, 2.24) is 24.6 Å². The largest absolute Gasteiger partial charge is 0.494 e. The van der Waals surface area contributed by atoms with E-state index in [9.17, 15) is 9.90 Å². The Hall–Kier alpha value is -3.77. The summed E-state index contributed by atoms with van der Waals surface area (Å²) >= 11 is 0. The highest BCUT2D eigenvalue weighted by Crippen LogP contribution is 2.42. The van der Waals surface area contributed by atoms with Crippen LogP contribution >= 0.6 is 0 Å². The lowest BCUT2D eigenvalue weighted by Crippen LogP contribution is -2.44. The van der Waals surface area contributed by atoms with Crippen molar-refractivity contribution in [3.63, 3.8) is 0 Å². The van der Waals surface area contributed by atoms with E-state index in [1.807, 2.05) is 4.90 Å². The van der Waals surface area contributed by atoms with E-state index in [1.54, 1.807) is 23.9 Å². The second-order valence-electron chi connectivity index (χ2n) is 10.1. The van der Waals surface area contributed by atoms with E-state index in [1.165, 1.54) is 13.2 Å². The minimum absolute atomic E-state index is 0.00537. The summed E-state index contributed by atoms with van der Waals surface area (Å²) in [7, 11) is 3.55. The number of halogens is 1. The second kappa shape index (κ2) is 11.8. The van der Waals surface area contributed by atoms with Crippen molar-refractivity contribution >= 4 is 23.2 Å². The number of aliphatic hydroxyl groups excluding tert-OH is 1. The van der Waals surface area contributed by atoms with Gasteiger partial charge in [0, 0.05) is 37.8 Å². The molecule has 5 rings (SSSR count). The van der Waals surface area contributed by atoms with Gasteiger partial charge in [0.2, 0.25) is 0 Å². The van der Waals surface area contributed by atoms with Gasteiger partial charge in [0.25, 0.3) is 0 Å². The first-order chi connectivity index (χ1) is 19.4. The van der Waals surface area contributed by atoms with Crippen LogP contribution in [-0.2, 0) is 17.7 Å². The van der Waals surface area contributed by atoms with Crippen molar-refractivity contribution in [2.24, 2.45) is 0 Å². The first kappa shape index (κ1) is 27.8. The summed E-state index contributed by atoms with van der Waals surface area (Å²) in [6, 6.07) is 3.13. The minimum atomic E-state index is -0.493. The van der Waals surface area contributed by atoms with Crippen molar-refractivity contribution in [2.45, 2.75) is 39.2 Å². The van der Waals surface area contributed by atoms with Gasteiger partial charge < -0.3 is 29.7 Å². The lowest BCUT2D eigenvalue weighted by atomic mass is 9.83. The number of ether oxygens (including phenoxy) is 2. The number of nitrogens with one attached hydrogen (secondary N) is 1. The van der Waals surface area contributed by atoms with E-state index in [4.69, 9.17) is 19.4 Å². The zero-order valence-electron chi connectivity index (χ0n) is 23.4. The number of aromatic nitrogens is 4. The molecule has 0 bridgehead atoms. The van der Waals surface area contributed by atoms with E-state index < -0.39 is 5.97 Å². The van der Waals surface area contributed by atoms with Crippen LogP contribution in [0.3, 0.4) is 0 Å². The molecule has 1 unspecified atom stereocenters. The molecule has 1 saturated heterocycles. The van der Waals surface area contributed by atoms with Gasteiger partial charge in [-0.1, -0.05) is 6.92 Å². The number of aliphatic hydroxyl groups is 1. The van der Waals surface area contributed by atoms with Gasteiger partial charge in [0.15, 0.2) is 5.69 Å². The van der Waals surface area contributed by atoms with Gasteiger partial charge in [-0.05, 0) is 38.8 Å². The van der Waals surface area contributed by atoms with E-state index >= 15 is 4.39 Å². The van der Waals surface area contributed by atoms with Crippen LogP contribution in [0, 0.1) is 5.82 Å². The van der Waals surface area contributed by atoms with E-state index in [-0.39, 0.29) is 37.2 Å². The van der Waals surface area contributed by atoms with Crippen LogP contribution < -0.4 is 15.0 Å². The van der Waals surface area contributed by atoms with Crippen LogP contribution in [0.1, 0.15) is 47.9 Å². The van der Waals surface area contributed by atoms with Crippen LogP contribution in [-0.4, -0.2) is 89.3 Å². The molecule has 2 N–H and O–H groups in total. The molecular weight excluding hydrogens is 517 g/mol. The van der Waals surface area contributed by atoms with E-state index in [2.05, 4.69) is 29.3 Å². The molecule has 0 radical (unpaired) electrons. The van der Waals surface area contributed by atoms with Gasteiger partial charge in [0.1, 0.15) is 23.1 Å². The molecule has 0 amide bonds. The van der Waals surface area contributed by atoms with Crippen molar-refractivity contribution in [3.8, 4) is 17.1 Å². The molecule has 2 aliphatic rings. The molecule has 11 nitrogen and oxygen atoms in total. The number of hydrogen-bond donors (Lipinski definition) is 2. The summed E-state index contributed by atoms with van der Waals surface area (Å²) in [4.78, 5) is 26.7. The smallest absolute Gasteiger partial charge is 0.359 e. The Morgan fingerprint density at radius 3 is 2.67 bits per heavy atom. The predicted octanol–water partition coefficient (Wildman–Crippen LogP) is 3.20. The third-order valence-electron chi connectivity index (χ3n) is 7.56. The number of carbonyl (C=O) groups is 1. The molecule has 0 spiro atoms. The molecule has 1 atom stereocenters. The number of nitrogens with zero attached hydrogens (tertiary/aromatic N) is 6. The highest BCUT2D eigenvalue weighted by molar-refractivity contribution is 5.92. The molecule has 214 valence electrons. The molecule has 3 heterocycles. The number of methoxy groups -OCH3 is 1. The topological polar surface area (TPSA) is 118 Å². The molecule has 1 aliphatic heterocycles. The van der Waals surface area contributed by atoms with Crippen LogP contribution in [0.2, 0.25) is 0 Å². The second-order valence-corrected chi connectivity index (χ2v) is 10.1. The molecule has 0 saturated carbocycles. The number of piperazine rings is 1. The fraction of sp³-hybridized carbons (Fsp3) is 0.500. The van der Waals surface area contributed by atoms with Crippen LogP contribution in [0.15, 0.2) is 18.3 Å². The first-order valence-corrected chi connectivity index (χ1v) is 13.7. The van der Waals surface area contributed by atoms with Crippen molar-refractivity contribution in [2.75, 3.05) is 63.8 Å². The lowest BCUT2D eigenvalue weighted by molar-refractivity contribution is 0.0516. The summed E-state index contributed by atoms with van der Waals surface area (Å²) in [6.45, 7) is 7.21. The molecule has 1 aliphatic carbocycles.